The van der Waals surface area contributed by atoms with Crippen LogP contribution in [0.1, 0.15) is 71.2 Å². The summed E-state index contributed by atoms with van der Waals surface area (Å²) in [7, 11) is 0. The van der Waals surface area contributed by atoms with Gasteiger partial charge in [0.05, 0.1) is 13.1 Å². The smallest absolute Gasteiger partial charge is 0.242 e. The van der Waals surface area contributed by atoms with Crippen molar-refractivity contribution in [3.05, 3.63) is 59.4 Å². The number of nitrogens with zero attached hydrogens (tertiary/aromatic N) is 3. The topological polar surface area (TPSA) is 45.6 Å². The van der Waals surface area contributed by atoms with Crippen LogP contribution >= 0.6 is 0 Å². The summed E-state index contributed by atoms with van der Waals surface area (Å²) in [5, 5.41) is 0. The SMILES string of the molecule is CCC(C)N(Cc1cccn1Cc1ccccc1C)C(=O)CN(CCC(C)C)C(=O)C(C)C. The monoisotopic (exact) mass is 453 g/mol. The van der Waals surface area contributed by atoms with Crippen LogP contribution in [0, 0.1) is 18.8 Å². The fraction of sp³-hybridized carbons (Fsp3) is 0.571. The van der Waals surface area contributed by atoms with Crippen LogP contribution in [0.25, 0.3) is 0 Å². The molecule has 5 nitrogen and oxygen atoms in total. The maximum absolute atomic E-state index is 13.5. The molecule has 1 atom stereocenters. The molecule has 0 aliphatic heterocycles. The molecule has 182 valence electrons. The van der Waals surface area contributed by atoms with E-state index in [0.717, 1.165) is 25.1 Å². The van der Waals surface area contributed by atoms with E-state index in [1.165, 1.54) is 11.1 Å². The fourth-order valence-corrected chi connectivity index (χ4v) is 3.90. The Balaban J connectivity index is 2.21. The molecule has 1 aromatic carbocycles. The second kappa shape index (κ2) is 12.6. The zero-order chi connectivity index (χ0) is 24.5. The Kier molecular flexibility index (Phi) is 10.2. The lowest BCUT2D eigenvalue weighted by Crippen LogP contribution is -2.47. The number of aryl methyl sites for hydroxylation is 1. The number of amides is 2. The predicted octanol–water partition coefficient (Wildman–Crippen LogP) is 5.50. The van der Waals surface area contributed by atoms with Gasteiger partial charge in [0.15, 0.2) is 0 Å². The van der Waals surface area contributed by atoms with Crippen LogP contribution in [0.3, 0.4) is 0 Å². The Morgan fingerprint density at radius 2 is 1.70 bits per heavy atom. The molecule has 33 heavy (non-hydrogen) atoms. The summed E-state index contributed by atoms with van der Waals surface area (Å²) in [6, 6.07) is 12.6. The van der Waals surface area contributed by atoms with Crippen molar-refractivity contribution in [2.45, 2.75) is 80.4 Å². The average Bonchev–Trinajstić information content (AvgIpc) is 3.21. The number of carbonyl (C=O) groups excluding carboxylic acids is 2. The Morgan fingerprint density at radius 1 is 1.00 bits per heavy atom. The Bertz CT molecular complexity index is 900. The van der Waals surface area contributed by atoms with Crippen molar-refractivity contribution in [2.24, 2.45) is 11.8 Å². The van der Waals surface area contributed by atoms with E-state index >= 15 is 0 Å². The van der Waals surface area contributed by atoms with Crippen molar-refractivity contribution in [3.63, 3.8) is 0 Å². The second-order valence-electron chi connectivity index (χ2n) is 9.93. The molecule has 0 saturated heterocycles. The molecule has 0 spiro atoms. The van der Waals surface area contributed by atoms with Gasteiger partial charge in [-0.25, -0.2) is 0 Å². The van der Waals surface area contributed by atoms with E-state index in [2.05, 4.69) is 75.7 Å². The minimum atomic E-state index is -0.117. The maximum Gasteiger partial charge on any atom is 0.242 e. The quantitative estimate of drug-likeness (QED) is 0.426. The van der Waals surface area contributed by atoms with E-state index in [-0.39, 0.29) is 30.3 Å². The highest BCUT2D eigenvalue weighted by atomic mass is 16.2. The lowest BCUT2D eigenvalue weighted by atomic mass is 10.1. The molecule has 0 saturated carbocycles. The molecule has 2 rings (SSSR count). The van der Waals surface area contributed by atoms with Crippen LogP contribution in [0.15, 0.2) is 42.6 Å². The Morgan fingerprint density at radius 3 is 2.30 bits per heavy atom. The third-order valence-corrected chi connectivity index (χ3v) is 6.41. The van der Waals surface area contributed by atoms with Crippen molar-refractivity contribution in [1.29, 1.82) is 0 Å². The minimum absolute atomic E-state index is 0.0192. The lowest BCUT2D eigenvalue weighted by Gasteiger charge is -2.32. The van der Waals surface area contributed by atoms with E-state index in [4.69, 9.17) is 0 Å². The number of hydrogen-bond acceptors (Lipinski definition) is 2. The summed E-state index contributed by atoms with van der Waals surface area (Å²) in [5.74, 6) is 0.438. The van der Waals surface area contributed by atoms with Crippen LogP contribution in [-0.2, 0) is 22.7 Å². The van der Waals surface area contributed by atoms with Crippen molar-refractivity contribution < 1.29 is 9.59 Å². The molecule has 1 unspecified atom stereocenters. The predicted molar refractivity (Wildman–Crippen MR) is 136 cm³/mol. The largest absolute Gasteiger partial charge is 0.345 e. The molecular formula is C28H43N3O2. The van der Waals surface area contributed by atoms with Crippen molar-refractivity contribution in [1.82, 2.24) is 14.4 Å². The Hall–Kier alpha value is -2.56. The van der Waals surface area contributed by atoms with Crippen LogP contribution < -0.4 is 0 Å². The van der Waals surface area contributed by atoms with Gasteiger partial charge in [-0.1, -0.05) is 58.9 Å². The molecule has 0 fully saturated rings. The van der Waals surface area contributed by atoms with Gasteiger partial charge in [0.25, 0.3) is 0 Å². The third kappa shape index (κ3) is 7.76. The van der Waals surface area contributed by atoms with Gasteiger partial charge in [0.1, 0.15) is 0 Å². The maximum atomic E-state index is 13.5. The lowest BCUT2D eigenvalue weighted by molar-refractivity contribution is -0.144. The van der Waals surface area contributed by atoms with E-state index in [0.29, 0.717) is 19.0 Å². The van der Waals surface area contributed by atoms with Gasteiger partial charge in [-0.05, 0) is 55.9 Å². The van der Waals surface area contributed by atoms with Crippen LogP contribution in [-0.4, -0.2) is 45.3 Å². The highest BCUT2D eigenvalue weighted by molar-refractivity contribution is 5.85. The number of rotatable bonds is 12. The molecule has 2 amide bonds. The molecule has 1 aromatic heterocycles. The Labute approximate surface area is 200 Å². The van der Waals surface area contributed by atoms with Crippen LogP contribution in [0.5, 0.6) is 0 Å². The molecular weight excluding hydrogens is 410 g/mol. The highest BCUT2D eigenvalue weighted by Gasteiger charge is 2.26. The normalized spacial score (nSPS) is 12.3. The zero-order valence-corrected chi connectivity index (χ0v) is 21.7. The summed E-state index contributed by atoms with van der Waals surface area (Å²) >= 11 is 0. The molecule has 0 aliphatic carbocycles. The van der Waals surface area contributed by atoms with Gasteiger partial charge in [-0.3, -0.25) is 9.59 Å². The standard InChI is InChI=1S/C28H43N3O2/c1-8-24(7)31(27(32)20-30(17-15-21(2)3)28(33)22(4)5)19-26-14-11-16-29(26)18-25-13-10-9-12-23(25)6/h9-14,16,21-22,24H,8,15,17-20H2,1-7H3. The molecule has 2 aromatic rings. The number of carbonyl (C=O) groups is 2. The molecule has 0 N–H and O–H groups in total. The minimum Gasteiger partial charge on any atom is -0.345 e. The number of benzene rings is 1. The van der Waals surface area contributed by atoms with Crippen LogP contribution in [0.2, 0.25) is 0 Å². The van der Waals surface area contributed by atoms with Gasteiger partial charge in [-0.15, -0.1) is 0 Å². The van der Waals surface area contributed by atoms with Crippen LogP contribution in [0.4, 0.5) is 0 Å². The first-order valence-electron chi connectivity index (χ1n) is 12.4. The first kappa shape index (κ1) is 26.7. The van der Waals surface area contributed by atoms with Gasteiger partial charge >= 0.3 is 0 Å². The third-order valence-electron chi connectivity index (χ3n) is 6.41. The second-order valence-corrected chi connectivity index (χ2v) is 9.93. The summed E-state index contributed by atoms with van der Waals surface area (Å²) in [6.07, 6.45) is 3.85. The first-order chi connectivity index (χ1) is 15.6. The van der Waals surface area contributed by atoms with E-state index in [9.17, 15) is 9.59 Å². The molecule has 1 heterocycles. The van der Waals surface area contributed by atoms with Gasteiger partial charge in [0, 0.05) is 36.9 Å². The molecule has 0 radical (unpaired) electrons. The van der Waals surface area contributed by atoms with Gasteiger partial charge in [0.2, 0.25) is 11.8 Å². The summed E-state index contributed by atoms with van der Waals surface area (Å²) in [4.78, 5) is 30.0. The zero-order valence-electron chi connectivity index (χ0n) is 21.7. The highest BCUT2D eigenvalue weighted by Crippen LogP contribution is 2.17. The van der Waals surface area contributed by atoms with E-state index < -0.39 is 0 Å². The summed E-state index contributed by atoms with van der Waals surface area (Å²) in [6.45, 7) is 16.5. The van der Waals surface area contributed by atoms with Gasteiger partial charge in [-0.2, -0.15) is 0 Å². The van der Waals surface area contributed by atoms with Gasteiger partial charge < -0.3 is 14.4 Å². The van der Waals surface area contributed by atoms with E-state index in [1.807, 2.05) is 24.8 Å². The van der Waals surface area contributed by atoms with Crippen molar-refractivity contribution in [3.8, 4) is 0 Å². The molecule has 5 heteroatoms. The molecule has 0 bridgehead atoms. The summed E-state index contributed by atoms with van der Waals surface area (Å²) < 4.78 is 2.22. The van der Waals surface area contributed by atoms with E-state index in [1.54, 1.807) is 4.90 Å². The number of hydrogen-bond donors (Lipinski definition) is 0. The fourth-order valence-electron chi connectivity index (χ4n) is 3.90. The first-order valence-corrected chi connectivity index (χ1v) is 12.4. The van der Waals surface area contributed by atoms with Crippen molar-refractivity contribution >= 4 is 11.8 Å². The number of aromatic nitrogens is 1. The molecule has 0 aliphatic rings. The average molecular weight is 454 g/mol. The van der Waals surface area contributed by atoms with Crippen molar-refractivity contribution in [2.75, 3.05) is 13.1 Å². The summed E-state index contributed by atoms with van der Waals surface area (Å²) in [5.41, 5.74) is 3.65.